The van der Waals surface area contributed by atoms with Gasteiger partial charge in [-0.15, -0.1) is 11.6 Å². The van der Waals surface area contributed by atoms with E-state index >= 15 is 0 Å². The molecule has 0 unspecified atom stereocenters. The van der Waals surface area contributed by atoms with Gasteiger partial charge < -0.3 is 5.11 Å². The molecule has 0 aliphatic carbocycles. The lowest BCUT2D eigenvalue weighted by atomic mass is 10.1. The first kappa shape index (κ1) is 10.2. The number of hydrogen-bond donors (Lipinski definition) is 1. The Balaban J connectivity index is 2.99. The van der Waals surface area contributed by atoms with E-state index in [2.05, 4.69) is 0 Å². The van der Waals surface area contributed by atoms with Crippen LogP contribution in [0.25, 0.3) is 6.08 Å². The third kappa shape index (κ3) is 2.83. The van der Waals surface area contributed by atoms with Gasteiger partial charge in [0.1, 0.15) is 5.82 Å². The third-order valence-electron chi connectivity index (χ3n) is 1.66. The van der Waals surface area contributed by atoms with Crippen LogP contribution in [0.3, 0.4) is 0 Å². The number of allylic oxidation sites excluding steroid dienone is 1. The number of rotatable bonds is 3. The summed E-state index contributed by atoms with van der Waals surface area (Å²) in [6.07, 6.45) is 3.51. The summed E-state index contributed by atoms with van der Waals surface area (Å²) in [6.45, 7) is -0.167. The van der Waals surface area contributed by atoms with Gasteiger partial charge in [0.2, 0.25) is 0 Å². The molecule has 1 aromatic rings. The minimum absolute atomic E-state index is 0.167. The van der Waals surface area contributed by atoms with E-state index in [0.717, 1.165) is 5.56 Å². The zero-order valence-electron chi connectivity index (χ0n) is 7.00. The Morgan fingerprint density at radius 3 is 2.85 bits per heavy atom. The van der Waals surface area contributed by atoms with E-state index in [9.17, 15) is 4.39 Å². The maximum atomic E-state index is 12.7. The van der Waals surface area contributed by atoms with Crippen molar-refractivity contribution in [2.75, 3.05) is 5.88 Å². The van der Waals surface area contributed by atoms with E-state index in [4.69, 9.17) is 16.7 Å². The highest BCUT2D eigenvalue weighted by Crippen LogP contribution is 2.13. The van der Waals surface area contributed by atoms with Gasteiger partial charge in [-0.3, -0.25) is 0 Å². The van der Waals surface area contributed by atoms with Crippen LogP contribution in [0.1, 0.15) is 11.1 Å². The summed E-state index contributed by atoms with van der Waals surface area (Å²) >= 11 is 5.45. The predicted octanol–water partition coefficient (Wildman–Crippen LogP) is 2.57. The van der Waals surface area contributed by atoms with Gasteiger partial charge in [-0.1, -0.05) is 18.2 Å². The Hall–Kier alpha value is -0.860. The van der Waals surface area contributed by atoms with E-state index in [1.165, 1.54) is 12.1 Å². The van der Waals surface area contributed by atoms with Crippen molar-refractivity contribution in [3.05, 3.63) is 41.2 Å². The molecule has 0 saturated carbocycles. The normalized spacial score (nSPS) is 11.0. The number of aliphatic hydroxyl groups is 1. The van der Waals surface area contributed by atoms with Gasteiger partial charge in [-0.2, -0.15) is 0 Å². The first-order chi connectivity index (χ1) is 6.27. The zero-order chi connectivity index (χ0) is 9.68. The van der Waals surface area contributed by atoms with Crippen LogP contribution in [0.15, 0.2) is 24.3 Å². The quantitative estimate of drug-likeness (QED) is 0.744. The molecule has 0 radical (unpaired) electrons. The van der Waals surface area contributed by atoms with E-state index in [0.29, 0.717) is 11.4 Å². The van der Waals surface area contributed by atoms with Gasteiger partial charge in [0, 0.05) is 5.88 Å². The minimum Gasteiger partial charge on any atom is -0.392 e. The van der Waals surface area contributed by atoms with Gasteiger partial charge in [-0.25, -0.2) is 4.39 Å². The van der Waals surface area contributed by atoms with E-state index in [-0.39, 0.29) is 12.4 Å². The third-order valence-corrected chi connectivity index (χ3v) is 1.84. The molecule has 1 nitrogen and oxygen atoms in total. The molecule has 0 saturated heterocycles. The molecule has 0 aliphatic heterocycles. The molecule has 0 aromatic heterocycles. The molecule has 0 atom stereocenters. The van der Waals surface area contributed by atoms with Crippen LogP contribution >= 0.6 is 11.6 Å². The number of hydrogen-bond acceptors (Lipinski definition) is 1. The smallest absolute Gasteiger partial charge is 0.123 e. The fourth-order valence-electron chi connectivity index (χ4n) is 1.05. The molecule has 0 amide bonds. The first-order valence-electron chi connectivity index (χ1n) is 3.89. The maximum absolute atomic E-state index is 12.7. The van der Waals surface area contributed by atoms with Crippen LogP contribution in [0.5, 0.6) is 0 Å². The van der Waals surface area contributed by atoms with Crippen molar-refractivity contribution in [1.29, 1.82) is 0 Å². The second kappa shape index (κ2) is 5.00. The van der Waals surface area contributed by atoms with Crippen LogP contribution in [0, 0.1) is 5.82 Å². The number of alkyl halides is 1. The van der Waals surface area contributed by atoms with E-state index in [1.807, 2.05) is 0 Å². The van der Waals surface area contributed by atoms with Gasteiger partial charge in [0.15, 0.2) is 0 Å². The van der Waals surface area contributed by atoms with Crippen molar-refractivity contribution in [2.24, 2.45) is 0 Å². The Morgan fingerprint density at radius 1 is 1.46 bits per heavy atom. The molecule has 13 heavy (non-hydrogen) atoms. The summed E-state index contributed by atoms with van der Waals surface area (Å²) < 4.78 is 12.7. The van der Waals surface area contributed by atoms with Crippen LogP contribution < -0.4 is 0 Å². The first-order valence-corrected chi connectivity index (χ1v) is 4.43. The number of halogens is 2. The molecular weight excluding hydrogens is 191 g/mol. The molecule has 70 valence electrons. The fraction of sp³-hybridized carbons (Fsp3) is 0.200. The van der Waals surface area contributed by atoms with Crippen molar-refractivity contribution in [3.63, 3.8) is 0 Å². The predicted molar refractivity (Wildman–Crippen MR) is 52.1 cm³/mol. The van der Waals surface area contributed by atoms with Crippen molar-refractivity contribution >= 4 is 17.7 Å². The highest BCUT2D eigenvalue weighted by Gasteiger charge is 1.99. The van der Waals surface area contributed by atoms with E-state index in [1.54, 1.807) is 18.2 Å². The molecule has 0 spiro atoms. The molecule has 1 aromatic carbocycles. The number of benzene rings is 1. The SMILES string of the molecule is OCc1cc(F)ccc1C=CCCl. The van der Waals surface area contributed by atoms with Crippen LogP contribution in [-0.4, -0.2) is 11.0 Å². The summed E-state index contributed by atoms with van der Waals surface area (Å²) in [7, 11) is 0. The molecule has 0 heterocycles. The Kier molecular flexibility index (Phi) is 3.93. The fourth-order valence-corrected chi connectivity index (χ4v) is 1.13. The van der Waals surface area contributed by atoms with Gasteiger partial charge in [0.25, 0.3) is 0 Å². The topological polar surface area (TPSA) is 20.2 Å². The van der Waals surface area contributed by atoms with Crippen molar-refractivity contribution in [1.82, 2.24) is 0 Å². The van der Waals surface area contributed by atoms with Crippen LogP contribution in [0.4, 0.5) is 4.39 Å². The van der Waals surface area contributed by atoms with Gasteiger partial charge in [-0.05, 0) is 23.3 Å². The molecular formula is C10H10ClFO. The zero-order valence-corrected chi connectivity index (χ0v) is 7.76. The molecule has 1 N–H and O–H groups in total. The standard InChI is InChI=1S/C10H10ClFO/c11-5-1-2-8-3-4-10(12)6-9(8)7-13/h1-4,6,13H,5,7H2. The lowest BCUT2D eigenvalue weighted by Gasteiger charge is -2.01. The summed E-state index contributed by atoms with van der Waals surface area (Å²) in [5.41, 5.74) is 1.37. The van der Waals surface area contributed by atoms with Crippen LogP contribution in [-0.2, 0) is 6.61 Å². The largest absolute Gasteiger partial charge is 0.392 e. The Labute approximate surface area is 81.5 Å². The molecule has 0 bridgehead atoms. The summed E-state index contributed by atoms with van der Waals surface area (Å²) in [5.74, 6) is 0.0643. The van der Waals surface area contributed by atoms with Crippen LogP contribution in [0.2, 0.25) is 0 Å². The number of aliphatic hydroxyl groups excluding tert-OH is 1. The van der Waals surface area contributed by atoms with Crippen molar-refractivity contribution in [3.8, 4) is 0 Å². The Morgan fingerprint density at radius 2 is 2.23 bits per heavy atom. The summed E-state index contributed by atoms with van der Waals surface area (Å²) in [6, 6.07) is 4.28. The summed E-state index contributed by atoms with van der Waals surface area (Å²) in [4.78, 5) is 0. The Bertz CT molecular complexity index is 310. The molecule has 3 heteroatoms. The monoisotopic (exact) mass is 200 g/mol. The second-order valence-electron chi connectivity index (χ2n) is 2.56. The molecule has 0 aliphatic rings. The average molecular weight is 201 g/mol. The molecule has 1 rings (SSSR count). The average Bonchev–Trinajstić information content (AvgIpc) is 2.16. The van der Waals surface area contributed by atoms with Gasteiger partial charge >= 0.3 is 0 Å². The van der Waals surface area contributed by atoms with E-state index < -0.39 is 0 Å². The highest BCUT2D eigenvalue weighted by molar-refractivity contribution is 6.19. The minimum atomic E-state index is -0.341. The van der Waals surface area contributed by atoms with Crippen molar-refractivity contribution in [2.45, 2.75) is 6.61 Å². The lowest BCUT2D eigenvalue weighted by molar-refractivity contribution is 0.281. The summed E-state index contributed by atoms with van der Waals surface area (Å²) in [5, 5.41) is 8.91. The van der Waals surface area contributed by atoms with Gasteiger partial charge in [0.05, 0.1) is 6.61 Å². The highest BCUT2D eigenvalue weighted by atomic mass is 35.5. The van der Waals surface area contributed by atoms with Crippen molar-refractivity contribution < 1.29 is 9.50 Å². The lowest BCUT2D eigenvalue weighted by Crippen LogP contribution is -1.89. The second-order valence-corrected chi connectivity index (χ2v) is 2.87. The maximum Gasteiger partial charge on any atom is 0.123 e. The molecule has 0 fully saturated rings.